The summed E-state index contributed by atoms with van der Waals surface area (Å²) in [7, 11) is -3.52. The van der Waals surface area contributed by atoms with E-state index in [1.54, 1.807) is 0 Å². The van der Waals surface area contributed by atoms with Gasteiger partial charge in [-0.25, -0.2) is 8.42 Å². The maximum absolute atomic E-state index is 11.6. The van der Waals surface area contributed by atoms with Crippen LogP contribution in [-0.2, 0) is 16.3 Å². The molecule has 2 aromatic rings. The van der Waals surface area contributed by atoms with Crippen LogP contribution in [0.1, 0.15) is 12.5 Å². The number of nitro groups is 1. The molecule has 11 heteroatoms. The Bertz CT molecular complexity index is 984. The van der Waals surface area contributed by atoms with Gasteiger partial charge < -0.3 is 16.0 Å². The highest BCUT2D eigenvalue weighted by Gasteiger charge is 2.18. The van der Waals surface area contributed by atoms with Crippen molar-refractivity contribution in [2.45, 2.75) is 18.2 Å². The van der Waals surface area contributed by atoms with Crippen molar-refractivity contribution in [2.24, 2.45) is 4.99 Å². The van der Waals surface area contributed by atoms with E-state index in [9.17, 15) is 18.5 Å². The maximum atomic E-state index is 11.6. The van der Waals surface area contributed by atoms with Gasteiger partial charge in [0.05, 0.1) is 9.82 Å². The number of benzene rings is 2. The lowest BCUT2D eigenvalue weighted by Crippen LogP contribution is -2.39. The lowest BCUT2D eigenvalue weighted by atomic mass is 10.2. The van der Waals surface area contributed by atoms with Gasteiger partial charge in [0.25, 0.3) is 5.69 Å². The van der Waals surface area contributed by atoms with Gasteiger partial charge in [-0.2, -0.15) is 0 Å². The van der Waals surface area contributed by atoms with E-state index in [-0.39, 0.29) is 40.2 Å². The van der Waals surface area contributed by atoms with E-state index < -0.39 is 14.8 Å². The van der Waals surface area contributed by atoms with Crippen molar-refractivity contribution in [2.75, 3.05) is 37.8 Å². The van der Waals surface area contributed by atoms with E-state index >= 15 is 0 Å². The Balaban J connectivity index is 0.00000480. The molecule has 0 aromatic heterocycles. The fourth-order valence-electron chi connectivity index (χ4n) is 2.70. The molecule has 9 nitrogen and oxygen atoms in total. The number of nitrogens with zero attached hydrogens (tertiary/aromatic N) is 2. The normalized spacial score (nSPS) is 11.4. The van der Waals surface area contributed by atoms with Crippen LogP contribution >= 0.6 is 24.0 Å². The fourth-order valence-corrected chi connectivity index (χ4v) is 3.34. The molecule has 0 atom stereocenters. The van der Waals surface area contributed by atoms with Gasteiger partial charge in [-0.3, -0.25) is 15.1 Å². The van der Waals surface area contributed by atoms with E-state index in [4.69, 9.17) is 0 Å². The first-order chi connectivity index (χ1) is 14.3. The van der Waals surface area contributed by atoms with Crippen molar-refractivity contribution in [1.82, 2.24) is 10.6 Å². The van der Waals surface area contributed by atoms with Gasteiger partial charge in [-0.15, -0.1) is 24.0 Å². The molecule has 2 rings (SSSR count). The van der Waals surface area contributed by atoms with E-state index in [0.29, 0.717) is 32.1 Å². The number of rotatable bonds is 10. The fraction of sp³-hybridized carbons (Fsp3) is 0.350. The molecule has 3 N–H and O–H groups in total. The molecule has 0 saturated heterocycles. The van der Waals surface area contributed by atoms with Gasteiger partial charge in [0.15, 0.2) is 15.8 Å². The summed E-state index contributed by atoms with van der Waals surface area (Å²) in [6.07, 6.45) is 1.84. The average Bonchev–Trinajstić information content (AvgIpc) is 2.71. The van der Waals surface area contributed by atoms with Crippen molar-refractivity contribution in [1.29, 1.82) is 0 Å². The second-order valence-electron chi connectivity index (χ2n) is 6.56. The lowest BCUT2D eigenvalue weighted by Gasteiger charge is -2.13. The largest absolute Gasteiger partial charge is 0.378 e. The first-order valence-electron chi connectivity index (χ1n) is 9.59. The highest BCUT2D eigenvalue weighted by molar-refractivity contribution is 14.0. The molecule has 0 fully saturated rings. The van der Waals surface area contributed by atoms with Crippen molar-refractivity contribution in [3.8, 4) is 0 Å². The first-order valence-corrected chi connectivity index (χ1v) is 11.5. The molecule has 2 aromatic carbocycles. The van der Waals surface area contributed by atoms with Crippen LogP contribution in [0.3, 0.4) is 0 Å². The number of hydrogen-bond donors (Lipinski definition) is 3. The molecular weight excluding hydrogens is 533 g/mol. The summed E-state index contributed by atoms with van der Waals surface area (Å²) in [6.45, 7) is 4.18. The maximum Gasteiger partial charge on any atom is 0.293 e. The average molecular weight is 561 g/mol. The molecule has 0 unspecified atom stereocenters. The summed E-state index contributed by atoms with van der Waals surface area (Å²) in [6, 6.07) is 13.9. The second-order valence-corrected chi connectivity index (χ2v) is 8.57. The van der Waals surface area contributed by atoms with Crippen molar-refractivity contribution >= 4 is 51.1 Å². The predicted molar refractivity (Wildman–Crippen MR) is 134 cm³/mol. The van der Waals surface area contributed by atoms with E-state index in [1.807, 2.05) is 25.1 Å². The molecule has 0 spiro atoms. The number of nitro benzene ring substituents is 1. The Hall–Kier alpha value is -2.41. The summed E-state index contributed by atoms with van der Waals surface area (Å²) in [4.78, 5) is 15.1. The summed E-state index contributed by atoms with van der Waals surface area (Å²) >= 11 is 0. The quantitative estimate of drug-likeness (QED) is 0.102. The Morgan fingerprint density at radius 1 is 1.10 bits per heavy atom. The molecule has 170 valence electrons. The van der Waals surface area contributed by atoms with Gasteiger partial charge in [0.1, 0.15) is 5.69 Å². The number of nitrogens with one attached hydrogen (secondary N) is 3. The molecule has 0 heterocycles. The third-order valence-corrected chi connectivity index (χ3v) is 5.29. The predicted octanol–water partition coefficient (Wildman–Crippen LogP) is 2.83. The number of aliphatic imine (C=N–C) groups is 1. The van der Waals surface area contributed by atoms with E-state index in [0.717, 1.165) is 18.7 Å². The standard InChI is InChI=1S/C20H27N5O4S.HI/c1-3-21-20(23-12-11-16-7-5-4-6-8-16)24-14-13-22-18-10-9-17(30(2,28)29)15-19(18)25(26)27;/h4-10,15,22H,3,11-14H2,1-2H3,(H2,21,23,24);1H. The van der Waals surface area contributed by atoms with Crippen LogP contribution in [0.2, 0.25) is 0 Å². The molecule has 0 aliphatic heterocycles. The van der Waals surface area contributed by atoms with Gasteiger partial charge in [0, 0.05) is 38.5 Å². The van der Waals surface area contributed by atoms with Crippen LogP contribution in [-0.4, -0.2) is 51.7 Å². The van der Waals surface area contributed by atoms with Gasteiger partial charge >= 0.3 is 0 Å². The van der Waals surface area contributed by atoms with Gasteiger partial charge in [0.2, 0.25) is 0 Å². The minimum atomic E-state index is -3.52. The smallest absolute Gasteiger partial charge is 0.293 e. The topological polar surface area (TPSA) is 126 Å². The third kappa shape index (κ3) is 9.09. The van der Waals surface area contributed by atoms with Crippen molar-refractivity contribution in [3.05, 3.63) is 64.2 Å². The van der Waals surface area contributed by atoms with Crippen LogP contribution < -0.4 is 16.0 Å². The zero-order valence-electron chi connectivity index (χ0n) is 17.5. The Morgan fingerprint density at radius 3 is 2.42 bits per heavy atom. The van der Waals surface area contributed by atoms with Gasteiger partial charge in [-0.05, 0) is 31.0 Å². The molecule has 0 aliphatic carbocycles. The minimum absolute atomic E-state index is 0. The van der Waals surface area contributed by atoms with Crippen LogP contribution in [0.5, 0.6) is 0 Å². The highest BCUT2D eigenvalue weighted by Crippen LogP contribution is 2.27. The second kappa shape index (κ2) is 13.1. The summed E-state index contributed by atoms with van der Waals surface area (Å²) in [5.41, 5.74) is 1.20. The molecule has 31 heavy (non-hydrogen) atoms. The van der Waals surface area contributed by atoms with Gasteiger partial charge in [-0.1, -0.05) is 30.3 Å². The highest BCUT2D eigenvalue weighted by atomic mass is 127. The molecular formula is C20H28IN5O4S. The number of guanidine groups is 1. The number of anilines is 1. The van der Waals surface area contributed by atoms with E-state index in [2.05, 4.69) is 33.1 Å². The zero-order valence-corrected chi connectivity index (χ0v) is 20.6. The number of halogens is 1. The molecule has 0 aliphatic rings. The Morgan fingerprint density at radius 2 is 1.81 bits per heavy atom. The van der Waals surface area contributed by atoms with Crippen LogP contribution in [0, 0.1) is 10.1 Å². The Labute approximate surface area is 199 Å². The van der Waals surface area contributed by atoms with Crippen LogP contribution in [0.15, 0.2) is 58.4 Å². The van der Waals surface area contributed by atoms with Crippen molar-refractivity contribution < 1.29 is 13.3 Å². The minimum Gasteiger partial charge on any atom is -0.378 e. The third-order valence-electron chi connectivity index (χ3n) is 4.18. The van der Waals surface area contributed by atoms with Crippen LogP contribution in [0.25, 0.3) is 0 Å². The molecule has 0 amide bonds. The van der Waals surface area contributed by atoms with Crippen LogP contribution in [0.4, 0.5) is 11.4 Å². The lowest BCUT2D eigenvalue weighted by molar-refractivity contribution is -0.384. The first kappa shape index (κ1) is 26.6. The molecule has 0 radical (unpaired) electrons. The van der Waals surface area contributed by atoms with E-state index in [1.165, 1.54) is 17.7 Å². The van der Waals surface area contributed by atoms with Crippen molar-refractivity contribution in [3.63, 3.8) is 0 Å². The zero-order chi connectivity index (χ0) is 22.0. The monoisotopic (exact) mass is 561 g/mol. The Kier molecular flexibility index (Phi) is 11.3. The SMILES string of the molecule is CCNC(=NCCc1ccccc1)NCCNc1ccc(S(C)(=O)=O)cc1[N+](=O)[O-].I. The number of sulfone groups is 1. The number of hydrogen-bond acceptors (Lipinski definition) is 6. The molecule has 0 bridgehead atoms. The summed E-state index contributed by atoms with van der Waals surface area (Å²) < 4.78 is 23.2. The molecule has 0 saturated carbocycles. The summed E-state index contributed by atoms with van der Waals surface area (Å²) in [5.74, 6) is 0.664. The summed E-state index contributed by atoms with van der Waals surface area (Å²) in [5, 5.41) is 20.6.